The van der Waals surface area contributed by atoms with Gasteiger partial charge in [0.05, 0.1) is 1.37 Å². The summed E-state index contributed by atoms with van der Waals surface area (Å²) in [5.41, 5.74) is 5.73. The molecule has 3 N–H and O–H groups in total. The van der Waals surface area contributed by atoms with E-state index in [1.54, 1.807) is 5.32 Å². The predicted molar refractivity (Wildman–Crippen MR) is 44.2 cm³/mol. The topological polar surface area (TPSA) is 55.1 Å². The van der Waals surface area contributed by atoms with Crippen LogP contribution in [-0.4, -0.2) is 12.9 Å². The first-order valence-corrected chi connectivity index (χ1v) is 2.98. The second kappa shape index (κ2) is 3.05. The van der Waals surface area contributed by atoms with Gasteiger partial charge in [0.25, 0.3) is 5.91 Å². The molecule has 0 atom stereocenters. The van der Waals surface area contributed by atoms with Gasteiger partial charge >= 0.3 is 0 Å². The molecule has 3 nitrogen and oxygen atoms in total. The summed E-state index contributed by atoms with van der Waals surface area (Å²) in [6, 6.07) is 3.94. The van der Waals surface area contributed by atoms with Crippen LogP contribution in [0.1, 0.15) is 15.8 Å². The molecule has 0 aliphatic rings. The van der Waals surface area contributed by atoms with E-state index in [4.69, 9.17) is 11.2 Å². The Morgan fingerprint density at radius 1 is 1.73 bits per heavy atom. The smallest absolute Gasteiger partial charge is 0.251 e. The van der Waals surface area contributed by atoms with Gasteiger partial charge in [-0.2, -0.15) is 0 Å². The molecule has 0 saturated heterocycles. The first kappa shape index (κ1) is 3.76. The van der Waals surface area contributed by atoms with Crippen molar-refractivity contribution in [3.05, 3.63) is 29.8 Å². The molecule has 1 amide bonds. The van der Waals surface area contributed by atoms with Crippen LogP contribution in [0.25, 0.3) is 0 Å². The van der Waals surface area contributed by atoms with Crippen LogP contribution in [0.5, 0.6) is 0 Å². The second-order valence-corrected chi connectivity index (χ2v) is 1.99. The average molecular weight is 154 g/mol. The Hall–Kier alpha value is -1.51. The van der Waals surface area contributed by atoms with E-state index in [2.05, 4.69) is 0 Å². The van der Waals surface area contributed by atoms with Gasteiger partial charge in [0, 0.05) is 22.3 Å². The number of nitrogens with two attached hydrogens (primary N) is 1. The van der Waals surface area contributed by atoms with Gasteiger partial charge in [0.15, 0.2) is 0 Å². The van der Waals surface area contributed by atoms with Crippen molar-refractivity contribution in [2.24, 2.45) is 0 Å². The van der Waals surface area contributed by atoms with Crippen LogP contribution in [0, 0.1) is 0 Å². The summed E-state index contributed by atoms with van der Waals surface area (Å²) in [4.78, 5) is 11.4. The maximum atomic E-state index is 11.4. The molecular weight excluding hydrogens is 140 g/mol. The zero-order valence-corrected chi connectivity index (χ0v) is 5.72. The Bertz CT molecular complexity index is 389. The number of nitrogens with one attached hydrogen (secondary N) is 1. The summed E-state index contributed by atoms with van der Waals surface area (Å²) < 4.78 is 27.9. The van der Waals surface area contributed by atoms with E-state index < -0.39 is 12.9 Å². The minimum Gasteiger partial charge on any atom is -0.399 e. The molecule has 1 rings (SSSR count). The van der Waals surface area contributed by atoms with Crippen molar-refractivity contribution in [3.63, 3.8) is 0 Å². The lowest BCUT2D eigenvalue weighted by Gasteiger charge is -1.98. The molecule has 0 unspecified atom stereocenters. The number of anilines is 1. The van der Waals surface area contributed by atoms with E-state index in [1.165, 1.54) is 18.2 Å². The summed E-state index contributed by atoms with van der Waals surface area (Å²) >= 11 is 0. The lowest BCUT2D eigenvalue weighted by atomic mass is 10.2. The summed E-state index contributed by atoms with van der Waals surface area (Å²) in [5.74, 6) is -0.806. The fourth-order valence-corrected chi connectivity index (χ4v) is 0.645. The van der Waals surface area contributed by atoms with Gasteiger partial charge in [-0.3, -0.25) is 4.79 Å². The monoisotopic (exact) mass is 154 g/mol. The van der Waals surface area contributed by atoms with Crippen molar-refractivity contribution in [2.45, 2.75) is 0 Å². The highest BCUT2D eigenvalue weighted by Gasteiger charge is 1.99. The third kappa shape index (κ3) is 1.70. The molecule has 0 spiro atoms. The van der Waals surface area contributed by atoms with Crippen molar-refractivity contribution < 1.29 is 10.3 Å². The zero-order valence-electron chi connectivity index (χ0n) is 9.72. The quantitative estimate of drug-likeness (QED) is 0.583. The average Bonchev–Trinajstić information content (AvgIpc) is 1.99. The highest BCUT2D eigenvalue weighted by atomic mass is 16.1. The summed E-state index contributed by atoms with van der Waals surface area (Å²) in [6.07, 6.45) is 0. The molecule has 3 heteroatoms. The standard InChI is InChI=1S/C8H10N2O/c1-10-8(11)6-2-4-7(9)5-3-6/h2-5H,9H2,1H3,(H,10,11)/i1D3,2D. The Kier molecular flexibility index (Phi) is 1.04. The maximum absolute atomic E-state index is 11.4. The number of rotatable bonds is 1. The van der Waals surface area contributed by atoms with E-state index in [1.807, 2.05) is 0 Å². The summed E-state index contributed by atoms with van der Waals surface area (Å²) in [7, 11) is 0. The molecule has 0 heterocycles. The minimum atomic E-state index is -2.55. The fourth-order valence-electron chi connectivity index (χ4n) is 0.645. The largest absolute Gasteiger partial charge is 0.399 e. The number of carbonyl (C=O) groups excluding carboxylic acids is 1. The van der Waals surface area contributed by atoms with Gasteiger partial charge in [0.1, 0.15) is 0 Å². The van der Waals surface area contributed by atoms with E-state index in [9.17, 15) is 4.79 Å². The van der Waals surface area contributed by atoms with Crippen LogP contribution in [-0.2, 0) is 0 Å². The van der Waals surface area contributed by atoms with Crippen LogP contribution in [0.15, 0.2) is 24.2 Å². The van der Waals surface area contributed by atoms with Crippen LogP contribution in [0.3, 0.4) is 0 Å². The van der Waals surface area contributed by atoms with Crippen LogP contribution in [0.2, 0.25) is 0 Å². The molecule has 58 valence electrons. The van der Waals surface area contributed by atoms with E-state index in [-0.39, 0.29) is 11.6 Å². The number of amides is 1. The number of carbonyl (C=O) groups is 1. The van der Waals surface area contributed by atoms with E-state index in [0.29, 0.717) is 5.69 Å². The first-order valence-electron chi connectivity index (χ1n) is 4.98. The lowest BCUT2D eigenvalue weighted by molar-refractivity contribution is 0.0963. The van der Waals surface area contributed by atoms with E-state index >= 15 is 0 Å². The lowest BCUT2D eigenvalue weighted by Crippen LogP contribution is -2.17. The minimum absolute atomic E-state index is 0.0136. The molecule has 11 heavy (non-hydrogen) atoms. The van der Waals surface area contributed by atoms with Gasteiger partial charge in [-0.25, -0.2) is 0 Å². The molecule has 0 aromatic heterocycles. The van der Waals surface area contributed by atoms with Crippen LogP contribution < -0.4 is 11.1 Å². The van der Waals surface area contributed by atoms with Crippen molar-refractivity contribution in [1.82, 2.24) is 5.32 Å². The normalized spacial score (nSPS) is 15.6. The van der Waals surface area contributed by atoms with Crippen molar-refractivity contribution >= 4 is 11.6 Å². The molecule has 0 fully saturated rings. The zero-order chi connectivity index (χ0) is 11.6. The Balaban J connectivity index is 2.92. The molecule has 0 aliphatic heterocycles. The van der Waals surface area contributed by atoms with Crippen molar-refractivity contribution in [1.29, 1.82) is 0 Å². The number of nitrogen functional groups attached to an aromatic ring is 1. The summed E-state index contributed by atoms with van der Waals surface area (Å²) in [6.45, 7) is -2.55. The Morgan fingerprint density at radius 3 is 3.18 bits per heavy atom. The van der Waals surface area contributed by atoms with Crippen LogP contribution >= 0.6 is 0 Å². The maximum Gasteiger partial charge on any atom is 0.251 e. The third-order valence-electron chi connectivity index (χ3n) is 1.19. The number of benzene rings is 1. The van der Waals surface area contributed by atoms with E-state index in [0.717, 1.165) is 0 Å². The van der Waals surface area contributed by atoms with Crippen molar-refractivity contribution in [2.75, 3.05) is 12.7 Å². The Morgan fingerprint density at radius 2 is 2.55 bits per heavy atom. The van der Waals surface area contributed by atoms with Gasteiger partial charge < -0.3 is 11.1 Å². The SMILES string of the molecule is [2H]c1cc(N)ccc1C(=O)NC([2H])([2H])[2H]. The third-order valence-corrected chi connectivity index (χ3v) is 1.19. The molecule has 0 bridgehead atoms. The molecule has 1 aromatic carbocycles. The number of hydrogen-bond acceptors (Lipinski definition) is 2. The van der Waals surface area contributed by atoms with Crippen molar-refractivity contribution in [3.8, 4) is 0 Å². The first-order chi connectivity index (χ1) is 6.79. The van der Waals surface area contributed by atoms with Gasteiger partial charge in [0.2, 0.25) is 0 Å². The molecular formula is C8H10N2O. The molecule has 0 radical (unpaired) electrons. The van der Waals surface area contributed by atoms with Crippen LogP contribution in [0.4, 0.5) is 5.69 Å². The molecule has 0 aliphatic carbocycles. The highest BCUT2D eigenvalue weighted by Crippen LogP contribution is 2.04. The number of hydrogen-bond donors (Lipinski definition) is 2. The summed E-state index contributed by atoms with van der Waals surface area (Å²) in [5, 5.41) is 1.80. The van der Waals surface area contributed by atoms with Gasteiger partial charge in [-0.1, -0.05) is 0 Å². The predicted octanol–water partition coefficient (Wildman–Crippen LogP) is 0.628. The fraction of sp³-hybridized carbons (Fsp3) is 0.125. The Labute approximate surface area is 70.8 Å². The highest BCUT2D eigenvalue weighted by molar-refractivity contribution is 5.94. The second-order valence-electron chi connectivity index (χ2n) is 1.99. The molecule has 1 aromatic rings. The van der Waals surface area contributed by atoms with Gasteiger partial charge in [-0.05, 0) is 24.2 Å². The van der Waals surface area contributed by atoms with Gasteiger partial charge in [-0.15, -0.1) is 0 Å². The molecule has 0 saturated carbocycles.